The van der Waals surface area contributed by atoms with Gasteiger partial charge in [0.1, 0.15) is 0 Å². The van der Waals surface area contributed by atoms with Crippen LogP contribution < -0.4 is 0 Å². The van der Waals surface area contributed by atoms with E-state index in [9.17, 15) is 39.5 Å². The minimum Gasteiger partial charge on any atom is -0.352 e. The van der Waals surface area contributed by atoms with Gasteiger partial charge in [0.05, 0.1) is 0 Å². The van der Waals surface area contributed by atoms with Gasteiger partial charge in [0.15, 0.2) is 0 Å². The molecule has 0 saturated heterocycles. The van der Waals surface area contributed by atoms with E-state index in [1.54, 1.807) is 0 Å². The van der Waals surface area contributed by atoms with Crippen LogP contribution in [0.3, 0.4) is 0 Å². The third-order valence-electron chi connectivity index (χ3n) is 1.00. The van der Waals surface area contributed by atoms with Crippen molar-refractivity contribution in [1.29, 1.82) is 0 Å². The molecule has 0 rings (SSSR count). The number of alkyl halides is 9. The number of halogens is 9. The average molecular weight is 376 g/mol. The Labute approximate surface area is 108 Å². The lowest BCUT2D eigenvalue weighted by atomic mass is 11.5. The topological polar surface area (TPSA) is 27.7 Å². The molecule has 0 aliphatic heterocycles. The van der Waals surface area contributed by atoms with Crippen molar-refractivity contribution in [2.75, 3.05) is 0 Å². The Hall–Kier alpha value is 0.331. The minimum atomic E-state index is -4.77. The molecule has 3 nitrogen and oxygen atoms in total. The predicted molar refractivity (Wildman–Crippen MR) is 54.0 cm³/mol. The maximum Gasteiger partial charge on any atom is 0.382 e. The summed E-state index contributed by atoms with van der Waals surface area (Å²) < 4.78 is 118. The van der Waals surface area contributed by atoms with Gasteiger partial charge in [0.25, 0.3) is 37.9 Å². The standard InChI is InChI=1S/C3H6F9O3PSi3/c4-1(5,6)17-13-16(14-18-2(7,8)9)15-19-3(10,11)12/h17-19H2. The van der Waals surface area contributed by atoms with E-state index in [2.05, 4.69) is 12.6 Å². The number of hydrogen-bond acceptors (Lipinski definition) is 3. The summed E-state index contributed by atoms with van der Waals surface area (Å²) in [6.45, 7) is 0. The maximum atomic E-state index is 11.8. The first-order valence-electron chi connectivity index (χ1n) is 4.18. The van der Waals surface area contributed by atoms with Gasteiger partial charge in [0, 0.05) is 0 Å². The average Bonchev–Trinajstić information content (AvgIpc) is 2.11. The molecule has 0 aromatic carbocycles. The van der Waals surface area contributed by atoms with Gasteiger partial charge in [-0.25, -0.2) is 0 Å². The van der Waals surface area contributed by atoms with Crippen molar-refractivity contribution >= 4 is 37.9 Å². The molecule has 0 atom stereocenters. The molecule has 0 aliphatic rings. The quantitative estimate of drug-likeness (QED) is 0.395. The highest BCUT2D eigenvalue weighted by atomic mass is 31.2. The molecule has 16 heteroatoms. The Balaban J connectivity index is 4.30. The summed E-state index contributed by atoms with van der Waals surface area (Å²) in [5.41, 5.74) is 0. The summed E-state index contributed by atoms with van der Waals surface area (Å²) >= 11 is 0. The van der Waals surface area contributed by atoms with Crippen LogP contribution in [0.2, 0.25) is 0 Å². The van der Waals surface area contributed by atoms with Crippen molar-refractivity contribution in [3.8, 4) is 0 Å². The highest BCUT2D eigenvalue weighted by Crippen LogP contribution is 2.41. The SMILES string of the molecule is FC(F)(F)[SiH2]OP(O[SiH2]C(F)(F)F)O[SiH2]C(F)(F)F. The third kappa shape index (κ3) is 14.5. The zero-order valence-corrected chi connectivity index (χ0v) is 13.8. The molecule has 0 bridgehead atoms. The van der Waals surface area contributed by atoms with Gasteiger partial charge in [-0.05, 0) is 0 Å². The first kappa shape index (κ1) is 19.3. The van der Waals surface area contributed by atoms with E-state index >= 15 is 0 Å². The monoisotopic (exact) mass is 376 g/mol. The molecule has 0 radical (unpaired) electrons. The predicted octanol–water partition coefficient (Wildman–Crippen LogP) is 1.07. The first-order chi connectivity index (χ1) is 8.29. The van der Waals surface area contributed by atoms with Crippen molar-refractivity contribution in [1.82, 2.24) is 0 Å². The second kappa shape index (κ2) is 7.37. The lowest BCUT2D eigenvalue weighted by Crippen LogP contribution is -2.26. The summed E-state index contributed by atoms with van der Waals surface area (Å²) in [7, 11) is -13.2. The first-order valence-corrected chi connectivity index (χ1v) is 9.12. The Morgan fingerprint density at radius 1 is 0.526 bits per heavy atom. The van der Waals surface area contributed by atoms with Gasteiger partial charge in [-0.2, -0.15) is 39.5 Å². The van der Waals surface area contributed by atoms with Crippen LogP contribution in [0.1, 0.15) is 0 Å². The lowest BCUT2D eigenvalue weighted by Gasteiger charge is -2.19. The maximum absolute atomic E-state index is 11.8. The molecule has 0 aromatic rings. The zero-order valence-electron chi connectivity index (χ0n) is 8.69. The van der Waals surface area contributed by atoms with Crippen molar-refractivity contribution in [3.63, 3.8) is 0 Å². The van der Waals surface area contributed by atoms with Crippen LogP contribution in [0.25, 0.3) is 0 Å². The van der Waals surface area contributed by atoms with Crippen molar-refractivity contribution < 1.29 is 52.2 Å². The molecule has 0 saturated carbocycles. The Morgan fingerprint density at radius 3 is 0.895 bits per heavy atom. The molecule has 0 aromatic heterocycles. The molecule has 19 heavy (non-hydrogen) atoms. The highest BCUT2D eigenvalue weighted by Gasteiger charge is 2.37. The molecule has 0 unspecified atom stereocenters. The van der Waals surface area contributed by atoms with E-state index in [-0.39, 0.29) is 0 Å². The van der Waals surface area contributed by atoms with Crippen LogP contribution in [0, 0.1) is 0 Å². The van der Waals surface area contributed by atoms with E-state index in [1.807, 2.05) is 0 Å². The van der Waals surface area contributed by atoms with E-state index < -0.39 is 55.3 Å². The van der Waals surface area contributed by atoms with E-state index in [1.165, 1.54) is 0 Å². The van der Waals surface area contributed by atoms with Crippen molar-refractivity contribution in [3.05, 3.63) is 0 Å². The van der Waals surface area contributed by atoms with E-state index in [0.717, 1.165) is 0 Å². The Kier molecular flexibility index (Phi) is 7.50. The smallest absolute Gasteiger partial charge is 0.352 e. The van der Waals surface area contributed by atoms with Gasteiger partial charge in [0.2, 0.25) is 0 Å². The minimum absolute atomic E-state index is 3.23. The molecule has 0 N–H and O–H groups in total. The molecule has 0 fully saturated rings. The van der Waals surface area contributed by atoms with Crippen LogP contribution in [0.4, 0.5) is 39.5 Å². The second-order valence-corrected chi connectivity index (χ2v) is 9.71. The fourth-order valence-electron chi connectivity index (χ4n) is 0.489. The molecule has 0 spiro atoms. The molecular weight excluding hydrogens is 370 g/mol. The summed E-state index contributed by atoms with van der Waals surface area (Å²) in [6.07, 6.45) is 0. The Bertz CT molecular complexity index is 223. The molecule has 0 amide bonds. The normalized spacial score (nSPS) is 17.5. The van der Waals surface area contributed by atoms with Crippen molar-refractivity contribution in [2.24, 2.45) is 0 Å². The van der Waals surface area contributed by atoms with Gasteiger partial charge < -0.3 is 12.6 Å². The summed E-state index contributed by atoms with van der Waals surface area (Å²) in [6, 6.07) is 0. The fourth-order valence-corrected chi connectivity index (χ4v) is 6.42. The Morgan fingerprint density at radius 2 is 0.737 bits per heavy atom. The summed E-state index contributed by atoms with van der Waals surface area (Å²) in [5, 5.41) is 0. The van der Waals surface area contributed by atoms with Crippen LogP contribution in [-0.2, 0) is 12.6 Å². The number of hydrogen-bond donors (Lipinski definition) is 0. The van der Waals surface area contributed by atoms with Crippen LogP contribution in [0.5, 0.6) is 0 Å². The van der Waals surface area contributed by atoms with Gasteiger partial charge >= 0.3 is 17.4 Å². The second-order valence-electron chi connectivity index (χ2n) is 2.89. The van der Waals surface area contributed by atoms with Gasteiger partial charge in [-0.3, -0.25) is 0 Å². The highest BCUT2D eigenvalue weighted by molar-refractivity contribution is 7.45. The zero-order chi connectivity index (χ0) is 15.3. The van der Waals surface area contributed by atoms with E-state index in [0.29, 0.717) is 0 Å². The number of rotatable bonds is 6. The molecular formula is C3H6F9O3PSi3. The largest absolute Gasteiger partial charge is 0.382 e. The fraction of sp³-hybridized carbons (Fsp3) is 1.00. The van der Waals surface area contributed by atoms with Crippen LogP contribution in [0.15, 0.2) is 0 Å². The lowest BCUT2D eigenvalue weighted by molar-refractivity contribution is -0.0584. The van der Waals surface area contributed by atoms with Gasteiger partial charge in [-0.15, -0.1) is 0 Å². The molecule has 0 aliphatic carbocycles. The van der Waals surface area contributed by atoms with E-state index in [4.69, 9.17) is 0 Å². The summed E-state index contributed by atoms with van der Waals surface area (Å²) in [4.78, 5) is 0. The third-order valence-corrected chi connectivity index (χ3v) is 6.06. The summed E-state index contributed by atoms with van der Waals surface area (Å²) in [5.74, 6) is -14.3. The van der Waals surface area contributed by atoms with Crippen LogP contribution in [-0.4, -0.2) is 46.7 Å². The molecule has 0 heterocycles. The molecule has 116 valence electrons. The van der Waals surface area contributed by atoms with Crippen LogP contribution >= 0.6 is 8.60 Å². The van der Waals surface area contributed by atoms with Crippen molar-refractivity contribution in [2.45, 2.75) is 17.4 Å². The van der Waals surface area contributed by atoms with Gasteiger partial charge in [-0.1, -0.05) is 0 Å².